The average Bonchev–Trinajstić information content (AvgIpc) is 1.59. The number of nitrogens with two attached hydrogens (primary N) is 1. The van der Waals surface area contributed by atoms with Gasteiger partial charge in [-0.15, -0.1) is 12.4 Å². The Bertz CT molecular complexity index is 64.6. The lowest BCUT2D eigenvalue weighted by atomic mass is 10.4. The predicted molar refractivity (Wildman–Crippen MR) is 30.1 cm³/mol. The van der Waals surface area contributed by atoms with Crippen molar-refractivity contribution in [3.05, 3.63) is 0 Å². The smallest absolute Gasteiger partial charge is 0.271 e. The van der Waals surface area contributed by atoms with Crippen molar-refractivity contribution in [2.75, 3.05) is 6.54 Å². The fourth-order valence-electron chi connectivity index (χ4n) is 0.214. The number of halogens is 4. The fourth-order valence-corrected chi connectivity index (χ4v) is 0.214. The summed E-state index contributed by atoms with van der Waals surface area (Å²) in [6.45, 7) is -0.219. The van der Waals surface area contributed by atoms with Crippen LogP contribution in [0.4, 0.5) is 13.2 Å². The SMILES string of the molecule is Cl.NNCCC(F)(F)F. The van der Waals surface area contributed by atoms with E-state index in [9.17, 15) is 13.2 Å². The molecule has 0 aromatic heterocycles. The van der Waals surface area contributed by atoms with E-state index in [4.69, 9.17) is 0 Å². The van der Waals surface area contributed by atoms with Crippen molar-refractivity contribution in [2.45, 2.75) is 12.6 Å². The first kappa shape index (κ1) is 11.8. The standard InChI is InChI=1S/C3H7F3N2.ClH/c4-3(5,6)1-2-8-7;/h8H,1-2,7H2;1H. The average molecular weight is 165 g/mol. The minimum atomic E-state index is -4.09. The van der Waals surface area contributed by atoms with Crippen LogP contribution in [0.1, 0.15) is 6.42 Å². The van der Waals surface area contributed by atoms with Crippen LogP contribution in [-0.2, 0) is 0 Å². The van der Waals surface area contributed by atoms with Crippen molar-refractivity contribution in [2.24, 2.45) is 5.84 Å². The molecular formula is C3H8ClF3N2. The Balaban J connectivity index is 0. The number of hydrazine groups is 1. The molecular weight excluding hydrogens is 156 g/mol. The molecule has 58 valence electrons. The van der Waals surface area contributed by atoms with Gasteiger partial charge in [0.25, 0.3) is 0 Å². The molecule has 0 aliphatic heterocycles. The van der Waals surface area contributed by atoms with E-state index in [2.05, 4.69) is 5.84 Å². The number of nitrogens with one attached hydrogen (secondary N) is 1. The van der Waals surface area contributed by atoms with Crippen LogP contribution >= 0.6 is 12.4 Å². The highest BCUT2D eigenvalue weighted by molar-refractivity contribution is 5.85. The third-order valence-corrected chi connectivity index (χ3v) is 0.553. The van der Waals surface area contributed by atoms with Gasteiger partial charge < -0.3 is 0 Å². The van der Waals surface area contributed by atoms with Crippen molar-refractivity contribution in [1.82, 2.24) is 5.43 Å². The maximum absolute atomic E-state index is 11.1. The first-order valence-electron chi connectivity index (χ1n) is 2.06. The van der Waals surface area contributed by atoms with E-state index in [1.165, 1.54) is 0 Å². The van der Waals surface area contributed by atoms with Crippen LogP contribution in [-0.4, -0.2) is 12.7 Å². The summed E-state index contributed by atoms with van der Waals surface area (Å²) in [5.41, 5.74) is 1.90. The Morgan fingerprint density at radius 2 is 1.78 bits per heavy atom. The van der Waals surface area contributed by atoms with Gasteiger partial charge in [-0.2, -0.15) is 13.2 Å². The van der Waals surface area contributed by atoms with Gasteiger partial charge >= 0.3 is 6.18 Å². The van der Waals surface area contributed by atoms with Crippen LogP contribution in [0.3, 0.4) is 0 Å². The highest BCUT2D eigenvalue weighted by Gasteiger charge is 2.25. The minimum Gasteiger partial charge on any atom is -0.271 e. The van der Waals surface area contributed by atoms with Gasteiger partial charge in [-0.25, -0.2) is 0 Å². The third-order valence-electron chi connectivity index (χ3n) is 0.553. The second kappa shape index (κ2) is 4.84. The van der Waals surface area contributed by atoms with Crippen molar-refractivity contribution in [3.8, 4) is 0 Å². The number of hydrogen-bond acceptors (Lipinski definition) is 2. The third kappa shape index (κ3) is 11.5. The minimum absolute atomic E-state index is 0. The molecule has 0 atom stereocenters. The predicted octanol–water partition coefficient (Wildman–Crippen LogP) is 0.824. The zero-order chi connectivity index (χ0) is 6.62. The van der Waals surface area contributed by atoms with Gasteiger partial charge in [0.05, 0.1) is 6.42 Å². The molecule has 0 fully saturated rings. The van der Waals surface area contributed by atoms with Crippen molar-refractivity contribution in [1.29, 1.82) is 0 Å². The highest BCUT2D eigenvalue weighted by Crippen LogP contribution is 2.17. The summed E-state index contributed by atoms with van der Waals surface area (Å²) in [5.74, 6) is 4.59. The molecule has 0 amide bonds. The summed E-state index contributed by atoms with van der Waals surface area (Å²) in [4.78, 5) is 0. The Morgan fingerprint density at radius 3 is 1.89 bits per heavy atom. The van der Waals surface area contributed by atoms with Gasteiger partial charge in [-0.05, 0) is 0 Å². The number of hydrogen-bond donors (Lipinski definition) is 2. The first-order chi connectivity index (χ1) is 3.56. The topological polar surface area (TPSA) is 38.0 Å². The fraction of sp³-hybridized carbons (Fsp3) is 1.00. The molecule has 0 aromatic carbocycles. The molecule has 0 spiro atoms. The van der Waals surface area contributed by atoms with E-state index in [0.717, 1.165) is 0 Å². The molecule has 3 N–H and O–H groups in total. The molecule has 0 rings (SSSR count). The number of rotatable bonds is 2. The molecule has 0 radical (unpaired) electrons. The molecule has 9 heavy (non-hydrogen) atoms. The Kier molecular flexibility index (Phi) is 6.32. The van der Waals surface area contributed by atoms with Crippen LogP contribution in [0.2, 0.25) is 0 Å². The molecule has 6 heteroatoms. The maximum atomic E-state index is 11.1. The van der Waals surface area contributed by atoms with E-state index in [0.29, 0.717) is 0 Å². The molecule has 0 aliphatic carbocycles. The molecule has 0 aromatic rings. The van der Waals surface area contributed by atoms with Crippen LogP contribution in [0.5, 0.6) is 0 Å². The Morgan fingerprint density at radius 1 is 1.33 bits per heavy atom. The van der Waals surface area contributed by atoms with E-state index in [-0.39, 0.29) is 19.0 Å². The number of alkyl halides is 3. The van der Waals surface area contributed by atoms with Gasteiger partial charge in [0.1, 0.15) is 0 Å². The van der Waals surface area contributed by atoms with Gasteiger partial charge in [0, 0.05) is 6.54 Å². The molecule has 0 saturated carbocycles. The summed E-state index contributed by atoms with van der Waals surface area (Å²) < 4.78 is 33.4. The summed E-state index contributed by atoms with van der Waals surface area (Å²) in [7, 11) is 0. The van der Waals surface area contributed by atoms with Crippen molar-refractivity contribution in [3.63, 3.8) is 0 Å². The maximum Gasteiger partial charge on any atom is 0.390 e. The summed E-state index contributed by atoms with van der Waals surface area (Å²) in [6, 6.07) is 0. The van der Waals surface area contributed by atoms with E-state index < -0.39 is 12.6 Å². The van der Waals surface area contributed by atoms with Gasteiger partial charge in [-0.1, -0.05) is 0 Å². The van der Waals surface area contributed by atoms with E-state index in [1.807, 2.05) is 5.43 Å². The van der Waals surface area contributed by atoms with Gasteiger partial charge in [-0.3, -0.25) is 11.3 Å². The van der Waals surface area contributed by atoms with Crippen LogP contribution < -0.4 is 11.3 Å². The molecule has 0 bridgehead atoms. The quantitative estimate of drug-likeness (QED) is 0.469. The zero-order valence-electron chi connectivity index (χ0n) is 4.53. The summed E-state index contributed by atoms with van der Waals surface area (Å²) >= 11 is 0. The highest BCUT2D eigenvalue weighted by atomic mass is 35.5. The molecule has 0 heterocycles. The van der Waals surface area contributed by atoms with Crippen molar-refractivity contribution < 1.29 is 13.2 Å². The zero-order valence-corrected chi connectivity index (χ0v) is 5.35. The second-order valence-corrected chi connectivity index (χ2v) is 1.32. The summed E-state index contributed by atoms with van der Waals surface area (Å²) in [5, 5.41) is 0. The molecule has 2 nitrogen and oxygen atoms in total. The van der Waals surface area contributed by atoms with Crippen LogP contribution in [0.15, 0.2) is 0 Å². The normalized spacial score (nSPS) is 10.7. The Hall–Kier alpha value is -0.0000000000000000555. The van der Waals surface area contributed by atoms with Gasteiger partial charge in [0.15, 0.2) is 0 Å². The van der Waals surface area contributed by atoms with E-state index >= 15 is 0 Å². The second-order valence-electron chi connectivity index (χ2n) is 1.32. The lowest BCUT2D eigenvalue weighted by Crippen LogP contribution is -2.27. The van der Waals surface area contributed by atoms with Crippen molar-refractivity contribution >= 4 is 12.4 Å². The molecule has 0 saturated heterocycles. The first-order valence-corrected chi connectivity index (χ1v) is 2.06. The van der Waals surface area contributed by atoms with Crippen LogP contribution in [0.25, 0.3) is 0 Å². The lowest BCUT2D eigenvalue weighted by Gasteiger charge is -2.02. The Labute approximate surface area is 57.0 Å². The largest absolute Gasteiger partial charge is 0.390 e. The molecule has 0 aliphatic rings. The monoisotopic (exact) mass is 164 g/mol. The molecule has 0 unspecified atom stereocenters. The van der Waals surface area contributed by atoms with Crippen LogP contribution in [0, 0.1) is 0 Å². The van der Waals surface area contributed by atoms with Gasteiger partial charge in [0.2, 0.25) is 0 Å². The van der Waals surface area contributed by atoms with E-state index in [1.54, 1.807) is 0 Å². The lowest BCUT2D eigenvalue weighted by molar-refractivity contribution is -0.133. The summed E-state index contributed by atoms with van der Waals surface area (Å²) in [6.07, 6.45) is -4.96.